The van der Waals surface area contributed by atoms with E-state index in [2.05, 4.69) is 46.8 Å². The van der Waals surface area contributed by atoms with Crippen molar-refractivity contribution in [3.63, 3.8) is 0 Å². The Morgan fingerprint density at radius 2 is 1.94 bits per heavy atom. The Kier molecular flexibility index (Phi) is 7.12. The number of rotatable bonds is 7. The molecule has 0 aromatic rings. The molecular formula is C30H50O. The Labute approximate surface area is 193 Å². The van der Waals surface area contributed by atoms with E-state index in [4.69, 9.17) is 0 Å². The summed E-state index contributed by atoms with van der Waals surface area (Å²) >= 11 is 0. The van der Waals surface area contributed by atoms with Gasteiger partial charge in [-0.2, -0.15) is 0 Å². The van der Waals surface area contributed by atoms with Crippen LogP contribution in [0.2, 0.25) is 0 Å². The van der Waals surface area contributed by atoms with E-state index in [0.717, 1.165) is 36.0 Å². The fourth-order valence-corrected chi connectivity index (χ4v) is 9.20. The maximum atomic E-state index is 9.67. The first kappa shape index (κ1) is 23.6. The second-order valence-corrected chi connectivity index (χ2v) is 12.5. The van der Waals surface area contributed by atoms with Gasteiger partial charge in [-0.15, -0.1) is 0 Å². The lowest BCUT2D eigenvalue weighted by Gasteiger charge is -2.58. The molecule has 8 atom stereocenters. The molecule has 0 saturated heterocycles. The van der Waals surface area contributed by atoms with Crippen LogP contribution in [0.25, 0.3) is 0 Å². The summed E-state index contributed by atoms with van der Waals surface area (Å²) in [6, 6.07) is 0. The highest BCUT2D eigenvalue weighted by Crippen LogP contribution is 2.67. The monoisotopic (exact) mass is 426 g/mol. The highest BCUT2D eigenvalue weighted by molar-refractivity contribution is 5.24. The molecule has 1 nitrogen and oxygen atoms in total. The van der Waals surface area contributed by atoms with Crippen molar-refractivity contribution in [2.24, 2.45) is 46.3 Å². The lowest BCUT2D eigenvalue weighted by molar-refractivity contribution is -0.0498. The van der Waals surface area contributed by atoms with Crippen molar-refractivity contribution in [2.45, 2.75) is 112 Å². The van der Waals surface area contributed by atoms with Gasteiger partial charge in [0, 0.05) is 12.5 Å². The number of allylic oxidation sites excluding steroid dienone is 3. The van der Waals surface area contributed by atoms with E-state index < -0.39 is 0 Å². The van der Waals surface area contributed by atoms with Gasteiger partial charge in [-0.25, -0.2) is 0 Å². The lowest BCUT2D eigenvalue weighted by atomic mass is 9.47. The minimum absolute atomic E-state index is 0.292. The SMILES string of the molecule is CC/C=C(/CC[C@@H](C)[C@H]1CC[C@H]2[C@@H]3CC=C4CCCC[C@]4(C)[C@H]3CC[C@]12C)C(C)CO. The molecular weight excluding hydrogens is 376 g/mol. The van der Waals surface area contributed by atoms with E-state index in [1.54, 1.807) is 0 Å². The van der Waals surface area contributed by atoms with Gasteiger partial charge in [-0.05, 0) is 111 Å². The van der Waals surface area contributed by atoms with E-state index in [1.165, 1.54) is 76.2 Å². The van der Waals surface area contributed by atoms with Crippen LogP contribution in [0.5, 0.6) is 0 Å². The molecule has 0 aromatic heterocycles. The van der Waals surface area contributed by atoms with Crippen molar-refractivity contribution in [2.75, 3.05) is 6.61 Å². The first-order valence-electron chi connectivity index (χ1n) is 13.8. The van der Waals surface area contributed by atoms with Crippen LogP contribution in [-0.2, 0) is 0 Å². The van der Waals surface area contributed by atoms with E-state index in [0.29, 0.717) is 23.4 Å². The molecule has 0 radical (unpaired) electrons. The van der Waals surface area contributed by atoms with E-state index in [-0.39, 0.29) is 0 Å². The summed E-state index contributed by atoms with van der Waals surface area (Å²) in [5, 5.41) is 9.67. The standard InChI is InChI=1S/C30H50O/c1-6-9-23(22(3)20-31)12-11-21(2)26-15-16-27-25-14-13-24-10-7-8-18-29(24,4)28(25)17-19-30(26,27)5/h9,13,21-22,25-28,31H,6-8,10-12,14-20H2,1-5H3/b23-9-/t21-,22?,25+,26-,27+,28+,29+,30-/m1/s1. The maximum absolute atomic E-state index is 9.67. The predicted molar refractivity (Wildman–Crippen MR) is 133 cm³/mol. The normalized spacial score (nSPS) is 42.3. The Morgan fingerprint density at radius 3 is 2.68 bits per heavy atom. The molecule has 3 fully saturated rings. The summed E-state index contributed by atoms with van der Waals surface area (Å²) in [7, 11) is 0. The first-order valence-corrected chi connectivity index (χ1v) is 13.8. The molecule has 3 saturated carbocycles. The number of hydrogen-bond acceptors (Lipinski definition) is 1. The van der Waals surface area contributed by atoms with Crippen LogP contribution in [0.3, 0.4) is 0 Å². The molecule has 1 unspecified atom stereocenters. The summed E-state index contributed by atoms with van der Waals surface area (Å²) in [6.07, 6.45) is 21.7. The van der Waals surface area contributed by atoms with Crippen molar-refractivity contribution in [1.29, 1.82) is 0 Å². The van der Waals surface area contributed by atoms with Gasteiger partial charge in [0.25, 0.3) is 0 Å². The number of aliphatic hydroxyl groups is 1. The van der Waals surface area contributed by atoms with Crippen molar-refractivity contribution in [3.05, 3.63) is 23.3 Å². The Morgan fingerprint density at radius 1 is 1.13 bits per heavy atom. The largest absolute Gasteiger partial charge is 0.396 e. The molecule has 0 aliphatic heterocycles. The zero-order valence-electron chi connectivity index (χ0n) is 21.3. The molecule has 0 aromatic carbocycles. The van der Waals surface area contributed by atoms with Crippen LogP contribution >= 0.6 is 0 Å². The summed E-state index contributed by atoms with van der Waals surface area (Å²) < 4.78 is 0. The molecule has 4 rings (SSSR count). The Bertz CT molecular complexity index is 689. The molecule has 0 amide bonds. The minimum atomic E-state index is 0.292. The van der Waals surface area contributed by atoms with Crippen LogP contribution < -0.4 is 0 Å². The Balaban J connectivity index is 1.46. The van der Waals surface area contributed by atoms with Gasteiger partial charge in [0.15, 0.2) is 0 Å². The smallest absolute Gasteiger partial charge is 0.0493 e. The molecule has 4 aliphatic carbocycles. The number of hydrogen-bond donors (Lipinski definition) is 1. The molecule has 0 heterocycles. The lowest BCUT2D eigenvalue weighted by Crippen LogP contribution is -2.50. The van der Waals surface area contributed by atoms with Crippen molar-refractivity contribution >= 4 is 0 Å². The zero-order valence-corrected chi connectivity index (χ0v) is 21.3. The average molecular weight is 427 g/mol. The van der Waals surface area contributed by atoms with Crippen LogP contribution in [-0.4, -0.2) is 11.7 Å². The number of aliphatic hydroxyl groups excluding tert-OH is 1. The van der Waals surface area contributed by atoms with Crippen LogP contribution in [0.1, 0.15) is 112 Å². The highest BCUT2D eigenvalue weighted by atomic mass is 16.3. The van der Waals surface area contributed by atoms with Crippen LogP contribution in [0, 0.1) is 46.3 Å². The molecule has 4 aliphatic rings. The third-order valence-corrected chi connectivity index (χ3v) is 11.0. The fraction of sp³-hybridized carbons (Fsp3) is 0.867. The van der Waals surface area contributed by atoms with Gasteiger partial charge >= 0.3 is 0 Å². The van der Waals surface area contributed by atoms with Crippen molar-refractivity contribution in [3.8, 4) is 0 Å². The first-order chi connectivity index (χ1) is 14.8. The van der Waals surface area contributed by atoms with Gasteiger partial charge in [-0.3, -0.25) is 0 Å². The second kappa shape index (κ2) is 9.36. The molecule has 1 N–H and O–H groups in total. The zero-order chi connectivity index (χ0) is 22.2. The van der Waals surface area contributed by atoms with E-state index >= 15 is 0 Å². The fourth-order valence-electron chi connectivity index (χ4n) is 9.20. The highest BCUT2D eigenvalue weighted by Gasteiger charge is 2.58. The molecule has 0 spiro atoms. The van der Waals surface area contributed by atoms with Gasteiger partial charge in [0.1, 0.15) is 0 Å². The summed E-state index contributed by atoms with van der Waals surface area (Å²) in [5.41, 5.74) is 4.44. The molecule has 31 heavy (non-hydrogen) atoms. The van der Waals surface area contributed by atoms with E-state index in [9.17, 15) is 5.11 Å². The molecule has 176 valence electrons. The van der Waals surface area contributed by atoms with Gasteiger partial charge in [0.05, 0.1) is 0 Å². The van der Waals surface area contributed by atoms with E-state index in [1.807, 2.05) is 5.57 Å². The maximum Gasteiger partial charge on any atom is 0.0493 e. The molecule has 1 heteroatoms. The van der Waals surface area contributed by atoms with Crippen LogP contribution in [0.15, 0.2) is 23.3 Å². The van der Waals surface area contributed by atoms with Gasteiger partial charge in [0.2, 0.25) is 0 Å². The van der Waals surface area contributed by atoms with Crippen LogP contribution in [0.4, 0.5) is 0 Å². The van der Waals surface area contributed by atoms with Gasteiger partial charge < -0.3 is 5.11 Å². The summed E-state index contributed by atoms with van der Waals surface area (Å²) in [4.78, 5) is 0. The Hall–Kier alpha value is -0.560. The topological polar surface area (TPSA) is 20.2 Å². The quantitative estimate of drug-likeness (QED) is 0.406. The molecule has 0 bridgehead atoms. The average Bonchev–Trinajstić information content (AvgIpc) is 3.12. The van der Waals surface area contributed by atoms with Gasteiger partial charge in [-0.1, -0.05) is 64.3 Å². The van der Waals surface area contributed by atoms with Crippen molar-refractivity contribution < 1.29 is 5.11 Å². The third kappa shape index (κ3) is 4.11. The number of fused-ring (bicyclic) bond motifs is 5. The third-order valence-electron chi connectivity index (χ3n) is 11.0. The summed E-state index contributed by atoms with van der Waals surface area (Å²) in [5.74, 6) is 4.90. The second-order valence-electron chi connectivity index (χ2n) is 12.5. The predicted octanol–water partition coefficient (Wildman–Crippen LogP) is 8.34. The minimum Gasteiger partial charge on any atom is -0.396 e. The van der Waals surface area contributed by atoms with Crippen molar-refractivity contribution in [1.82, 2.24) is 0 Å². The summed E-state index contributed by atoms with van der Waals surface area (Å²) in [6.45, 7) is 12.6.